The molecule has 0 atom stereocenters. The number of amides is 1. The van der Waals surface area contributed by atoms with E-state index in [2.05, 4.69) is 36.9 Å². The van der Waals surface area contributed by atoms with Crippen molar-refractivity contribution < 1.29 is 19.8 Å². The SMILES string of the molecule is C1CNCCN1.C1CNCCN1.CC1=NN(c2ccc3c(c2)CCC3)C(=O)C1=NNc1cccc(-c2csc(C(=O)O)c2)c1O. The molecule has 13 heteroatoms. The number of carbonyl (C=O) groups excluding carboxylic acids is 1. The van der Waals surface area contributed by atoms with Crippen LogP contribution < -0.4 is 31.7 Å². The smallest absolute Gasteiger partial charge is 0.345 e. The zero-order chi connectivity index (χ0) is 31.6. The van der Waals surface area contributed by atoms with Gasteiger partial charge in [0.05, 0.1) is 17.1 Å². The Morgan fingerprint density at radius 2 is 1.58 bits per heavy atom. The maximum absolute atomic E-state index is 13.0. The normalized spacial score (nSPS) is 18.3. The van der Waals surface area contributed by atoms with Crippen LogP contribution in [0.15, 0.2) is 58.0 Å². The molecule has 0 bridgehead atoms. The maximum atomic E-state index is 13.0. The number of hydrogen-bond acceptors (Lipinski definition) is 11. The lowest BCUT2D eigenvalue weighted by Crippen LogP contribution is -2.39. The van der Waals surface area contributed by atoms with E-state index in [-0.39, 0.29) is 22.2 Å². The van der Waals surface area contributed by atoms with Crippen LogP contribution in [0.4, 0.5) is 11.4 Å². The summed E-state index contributed by atoms with van der Waals surface area (Å²) < 4.78 is 0. The average molecular weight is 633 g/mol. The number of piperazine rings is 2. The second kappa shape index (κ2) is 15.7. The number of nitrogens with zero attached hydrogens (tertiary/aromatic N) is 3. The summed E-state index contributed by atoms with van der Waals surface area (Å²) in [6.07, 6.45) is 3.19. The number of hydrogen-bond donors (Lipinski definition) is 7. The molecule has 0 saturated carbocycles. The number of phenolic OH excluding ortho intramolecular Hbond substituents is 1. The molecule has 3 aliphatic heterocycles. The predicted octanol–water partition coefficient (Wildman–Crippen LogP) is 2.86. The number of anilines is 2. The van der Waals surface area contributed by atoms with Gasteiger partial charge in [-0.3, -0.25) is 10.2 Å². The van der Waals surface area contributed by atoms with Gasteiger partial charge in [-0.05, 0) is 72.5 Å². The van der Waals surface area contributed by atoms with E-state index in [9.17, 15) is 14.7 Å². The van der Waals surface area contributed by atoms with Gasteiger partial charge in [-0.15, -0.1) is 11.3 Å². The van der Waals surface area contributed by atoms with Gasteiger partial charge in [-0.25, -0.2) is 4.79 Å². The highest BCUT2D eigenvalue weighted by molar-refractivity contribution is 7.12. The summed E-state index contributed by atoms with van der Waals surface area (Å²) in [6, 6.07) is 12.5. The number of carboxylic acid groups (broad SMARTS) is 1. The van der Waals surface area contributed by atoms with Crippen molar-refractivity contribution in [3.8, 4) is 16.9 Å². The highest BCUT2D eigenvalue weighted by Crippen LogP contribution is 2.37. The molecule has 1 aliphatic carbocycles. The quantitative estimate of drug-likeness (QED) is 0.166. The zero-order valence-electron chi connectivity index (χ0n) is 25.4. The molecule has 2 saturated heterocycles. The van der Waals surface area contributed by atoms with Crippen molar-refractivity contribution in [3.05, 3.63) is 63.8 Å². The Morgan fingerprint density at radius 1 is 0.933 bits per heavy atom. The summed E-state index contributed by atoms with van der Waals surface area (Å²) in [4.78, 5) is 24.3. The van der Waals surface area contributed by atoms with Gasteiger partial charge in [0.1, 0.15) is 10.6 Å². The molecule has 12 nitrogen and oxygen atoms in total. The van der Waals surface area contributed by atoms with Crippen LogP contribution in [-0.4, -0.2) is 85.9 Å². The van der Waals surface area contributed by atoms with Crippen LogP contribution in [-0.2, 0) is 17.6 Å². The number of aryl methyl sites for hydroxylation is 2. The van der Waals surface area contributed by atoms with Crippen molar-refractivity contribution in [1.29, 1.82) is 0 Å². The molecule has 1 aromatic heterocycles. The van der Waals surface area contributed by atoms with E-state index in [4.69, 9.17) is 5.11 Å². The lowest BCUT2D eigenvalue weighted by atomic mass is 10.1. The highest BCUT2D eigenvalue weighted by Gasteiger charge is 2.31. The van der Waals surface area contributed by atoms with Crippen LogP contribution in [0.3, 0.4) is 0 Å². The van der Waals surface area contributed by atoms with Crippen molar-refractivity contribution in [2.24, 2.45) is 10.2 Å². The molecule has 3 aromatic rings. The van der Waals surface area contributed by atoms with Gasteiger partial charge < -0.3 is 31.5 Å². The van der Waals surface area contributed by atoms with Crippen molar-refractivity contribution >= 4 is 46.0 Å². The first-order valence-corrected chi connectivity index (χ1v) is 16.1. The van der Waals surface area contributed by atoms with E-state index in [1.165, 1.54) is 22.2 Å². The molecule has 4 aliphatic rings. The maximum Gasteiger partial charge on any atom is 0.345 e. The number of para-hydroxylation sites is 1. The first kappa shape index (κ1) is 32.3. The second-order valence-electron chi connectivity index (χ2n) is 10.9. The van der Waals surface area contributed by atoms with E-state index in [0.717, 1.165) is 83.0 Å². The van der Waals surface area contributed by atoms with Crippen molar-refractivity contribution in [2.45, 2.75) is 26.2 Å². The summed E-state index contributed by atoms with van der Waals surface area (Å²) >= 11 is 1.08. The number of carbonyl (C=O) groups is 2. The van der Waals surface area contributed by atoms with Crippen molar-refractivity contribution in [1.82, 2.24) is 21.3 Å². The fourth-order valence-corrected chi connectivity index (χ4v) is 6.02. The number of thiophene rings is 1. The third-order valence-electron chi connectivity index (χ3n) is 7.67. The Labute approximate surface area is 266 Å². The number of rotatable bonds is 5. The van der Waals surface area contributed by atoms with E-state index >= 15 is 0 Å². The molecular formula is C32H40N8O4S. The van der Waals surface area contributed by atoms with Crippen LogP contribution in [0.1, 0.15) is 34.1 Å². The minimum Gasteiger partial charge on any atom is -0.505 e. The average Bonchev–Trinajstić information content (AvgIpc) is 3.82. The Hall–Kier alpha value is -4.14. The van der Waals surface area contributed by atoms with Crippen LogP contribution in [0.25, 0.3) is 11.1 Å². The van der Waals surface area contributed by atoms with Crippen molar-refractivity contribution in [2.75, 3.05) is 62.8 Å². The topological polar surface area (TPSA) is 163 Å². The molecule has 0 unspecified atom stereocenters. The van der Waals surface area contributed by atoms with Crippen molar-refractivity contribution in [3.63, 3.8) is 0 Å². The number of aromatic hydroxyl groups is 1. The molecular weight excluding hydrogens is 592 g/mol. The number of nitrogens with one attached hydrogen (secondary N) is 5. The summed E-state index contributed by atoms with van der Waals surface area (Å²) in [5, 5.41) is 44.4. The number of carboxylic acids is 1. The lowest BCUT2D eigenvalue weighted by molar-refractivity contribution is -0.112. The number of benzene rings is 2. The summed E-state index contributed by atoms with van der Waals surface area (Å²) in [6.45, 7) is 10.8. The summed E-state index contributed by atoms with van der Waals surface area (Å²) in [5.41, 5.74) is 8.01. The van der Waals surface area contributed by atoms with Crippen LogP contribution in [0.2, 0.25) is 0 Å². The molecule has 2 aromatic carbocycles. The molecule has 0 radical (unpaired) electrons. The summed E-state index contributed by atoms with van der Waals surface area (Å²) in [5.74, 6) is -1.46. The minimum absolute atomic E-state index is 0.0906. The fourth-order valence-electron chi connectivity index (χ4n) is 5.27. The van der Waals surface area contributed by atoms with Crippen LogP contribution in [0, 0.1) is 0 Å². The minimum atomic E-state index is -1.02. The van der Waals surface area contributed by atoms with Gasteiger partial charge in [-0.2, -0.15) is 15.2 Å². The number of fused-ring (bicyclic) bond motifs is 1. The molecule has 2 fully saturated rings. The molecule has 7 rings (SSSR count). The number of aromatic carboxylic acids is 1. The number of phenols is 1. The molecule has 4 heterocycles. The van der Waals surface area contributed by atoms with Gasteiger partial charge in [0, 0.05) is 57.9 Å². The Morgan fingerprint density at radius 3 is 2.18 bits per heavy atom. The standard InChI is InChI=1S/C24H20N4O4S.2C4H10N2/c1-13-21(23(30)28(27-13)17-9-8-14-4-2-5-15(14)10-17)26-25-19-7-3-6-18(22(19)29)16-11-20(24(31)32)33-12-16;2*1-2-6-4-3-5-1/h3,6-12,25,29H,2,4-5H2,1H3,(H,31,32);2*5-6H,1-4H2. The van der Waals surface area contributed by atoms with Gasteiger partial charge in [0.15, 0.2) is 5.71 Å². The fraction of sp³-hybridized carbons (Fsp3) is 0.375. The van der Waals surface area contributed by atoms with Gasteiger partial charge in [0.2, 0.25) is 0 Å². The predicted molar refractivity (Wildman–Crippen MR) is 180 cm³/mol. The van der Waals surface area contributed by atoms with E-state index < -0.39 is 5.97 Å². The Kier molecular flexibility index (Phi) is 11.3. The summed E-state index contributed by atoms with van der Waals surface area (Å²) in [7, 11) is 0. The Bertz CT molecular complexity index is 1530. The Balaban J connectivity index is 0.000000277. The van der Waals surface area contributed by atoms with Gasteiger partial charge in [0.25, 0.3) is 0 Å². The lowest BCUT2D eigenvalue weighted by Gasteiger charge is -2.13. The largest absolute Gasteiger partial charge is 0.505 e. The molecule has 7 N–H and O–H groups in total. The first-order chi connectivity index (χ1) is 21.9. The van der Waals surface area contributed by atoms with Crippen LogP contribution >= 0.6 is 11.3 Å². The second-order valence-corrected chi connectivity index (χ2v) is 11.8. The van der Waals surface area contributed by atoms with Crippen LogP contribution in [0.5, 0.6) is 5.75 Å². The molecule has 45 heavy (non-hydrogen) atoms. The molecule has 238 valence electrons. The highest BCUT2D eigenvalue weighted by atomic mass is 32.1. The zero-order valence-corrected chi connectivity index (χ0v) is 26.2. The van der Waals surface area contributed by atoms with E-state index in [1.54, 1.807) is 30.5 Å². The number of hydrazone groups is 2. The third-order valence-corrected chi connectivity index (χ3v) is 8.59. The van der Waals surface area contributed by atoms with E-state index in [1.807, 2.05) is 18.2 Å². The van der Waals surface area contributed by atoms with E-state index in [0.29, 0.717) is 28.2 Å². The monoisotopic (exact) mass is 632 g/mol. The molecule has 1 amide bonds. The first-order valence-electron chi connectivity index (χ1n) is 15.2. The third kappa shape index (κ3) is 8.32. The van der Waals surface area contributed by atoms with Gasteiger partial charge >= 0.3 is 11.9 Å². The van der Waals surface area contributed by atoms with Gasteiger partial charge in [-0.1, -0.05) is 18.2 Å². The molecule has 0 spiro atoms.